The summed E-state index contributed by atoms with van der Waals surface area (Å²) >= 11 is 5.82. The van der Waals surface area contributed by atoms with Gasteiger partial charge < -0.3 is 4.74 Å². The Morgan fingerprint density at radius 1 is 1.25 bits per heavy atom. The Kier molecular flexibility index (Phi) is 4.74. The molecule has 0 saturated carbocycles. The number of rotatable bonds is 4. The molecule has 2 aromatic carbocycles. The van der Waals surface area contributed by atoms with E-state index in [9.17, 15) is 4.79 Å². The quantitative estimate of drug-likeness (QED) is 0.694. The highest BCUT2D eigenvalue weighted by Crippen LogP contribution is 2.11. The lowest BCUT2D eigenvalue weighted by Crippen LogP contribution is -2.17. The summed E-state index contributed by atoms with van der Waals surface area (Å²) in [5, 5.41) is 4.41. The maximum absolute atomic E-state index is 11.8. The molecule has 4 nitrogen and oxygen atoms in total. The van der Waals surface area contributed by atoms with Gasteiger partial charge in [-0.15, -0.1) is 0 Å². The van der Waals surface area contributed by atoms with Gasteiger partial charge in [-0.3, -0.25) is 4.79 Å². The van der Waals surface area contributed by atoms with Gasteiger partial charge >= 0.3 is 0 Å². The SMILES string of the molecule is COc1cccc(/C=N/NC(=O)c2cccc(Cl)c2)c1. The fraction of sp³-hybridized carbons (Fsp3) is 0.0667. The molecule has 5 heteroatoms. The van der Waals surface area contributed by atoms with Crippen molar-refractivity contribution in [3.8, 4) is 5.75 Å². The molecule has 0 unspecified atom stereocenters. The summed E-state index contributed by atoms with van der Waals surface area (Å²) in [5.74, 6) is 0.418. The molecule has 0 radical (unpaired) electrons. The van der Waals surface area contributed by atoms with E-state index in [2.05, 4.69) is 10.5 Å². The van der Waals surface area contributed by atoms with Gasteiger partial charge in [-0.2, -0.15) is 5.10 Å². The van der Waals surface area contributed by atoms with Crippen LogP contribution in [-0.2, 0) is 0 Å². The molecule has 0 aromatic heterocycles. The molecule has 0 atom stereocenters. The normalized spacial score (nSPS) is 10.5. The number of benzene rings is 2. The van der Waals surface area contributed by atoms with Crippen molar-refractivity contribution in [3.05, 3.63) is 64.7 Å². The van der Waals surface area contributed by atoms with Crippen molar-refractivity contribution in [3.63, 3.8) is 0 Å². The van der Waals surface area contributed by atoms with E-state index in [-0.39, 0.29) is 5.91 Å². The molecular formula is C15H13ClN2O2. The van der Waals surface area contributed by atoms with Crippen LogP contribution >= 0.6 is 11.6 Å². The van der Waals surface area contributed by atoms with Crippen LogP contribution in [0.2, 0.25) is 5.02 Å². The monoisotopic (exact) mass is 288 g/mol. The van der Waals surface area contributed by atoms with Crippen molar-refractivity contribution >= 4 is 23.7 Å². The second-order valence-corrected chi connectivity index (χ2v) is 4.42. The molecule has 0 aliphatic heterocycles. The van der Waals surface area contributed by atoms with Gasteiger partial charge in [-0.05, 0) is 35.9 Å². The van der Waals surface area contributed by atoms with Gasteiger partial charge in [-0.25, -0.2) is 5.43 Å². The third kappa shape index (κ3) is 3.83. The maximum Gasteiger partial charge on any atom is 0.271 e. The van der Waals surface area contributed by atoms with E-state index in [1.807, 2.05) is 24.3 Å². The number of ether oxygens (including phenoxy) is 1. The van der Waals surface area contributed by atoms with Crippen molar-refractivity contribution in [2.45, 2.75) is 0 Å². The summed E-state index contributed by atoms with van der Waals surface area (Å²) in [6.45, 7) is 0. The molecule has 0 heterocycles. The number of nitrogens with zero attached hydrogens (tertiary/aromatic N) is 1. The minimum atomic E-state index is -0.313. The average molecular weight is 289 g/mol. The number of nitrogens with one attached hydrogen (secondary N) is 1. The number of carbonyl (C=O) groups excluding carboxylic acids is 1. The van der Waals surface area contributed by atoms with Crippen LogP contribution in [0.4, 0.5) is 0 Å². The average Bonchev–Trinajstić information content (AvgIpc) is 2.47. The van der Waals surface area contributed by atoms with Crippen molar-refractivity contribution in [1.29, 1.82) is 0 Å². The highest BCUT2D eigenvalue weighted by atomic mass is 35.5. The number of halogens is 1. The zero-order chi connectivity index (χ0) is 14.4. The minimum absolute atomic E-state index is 0.313. The summed E-state index contributed by atoms with van der Waals surface area (Å²) in [6, 6.07) is 14.0. The van der Waals surface area contributed by atoms with Gasteiger partial charge in [0.05, 0.1) is 13.3 Å². The van der Waals surface area contributed by atoms with Crippen LogP contribution in [0.15, 0.2) is 53.6 Å². The van der Waals surface area contributed by atoms with Gasteiger partial charge in [0.15, 0.2) is 0 Å². The number of carbonyl (C=O) groups is 1. The summed E-state index contributed by atoms with van der Waals surface area (Å²) < 4.78 is 5.10. The number of hydrazone groups is 1. The van der Waals surface area contributed by atoms with E-state index >= 15 is 0 Å². The van der Waals surface area contributed by atoms with Crippen molar-refractivity contribution in [2.24, 2.45) is 5.10 Å². The Morgan fingerprint density at radius 2 is 2.05 bits per heavy atom. The molecule has 2 aromatic rings. The van der Waals surface area contributed by atoms with Gasteiger partial charge in [0, 0.05) is 10.6 Å². The number of methoxy groups -OCH3 is 1. The number of hydrogen-bond donors (Lipinski definition) is 1. The third-order valence-corrected chi connectivity index (χ3v) is 2.80. The van der Waals surface area contributed by atoms with Crippen LogP contribution < -0.4 is 10.2 Å². The molecule has 0 aliphatic carbocycles. The largest absolute Gasteiger partial charge is 0.497 e. The van der Waals surface area contributed by atoms with Crippen LogP contribution in [0.3, 0.4) is 0 Å². The molecule has 1 N–H and O–H groups in total. The first-order chi connectivity index (χ1) is 9.69. The number of hydrogen-bond acceptors (Lipinski definition) is 3. The van der Waals surface area contributed by atoms with Gasteiger partial charge in [0.1, 0.15) is 5.75 Å². The Bertz CT molecular complexity index is 641. The smallest absolute Gasteiger partial charge is 0.271 e. The molecule has 0 fully saturated rings. The van der Waals surface area contributed by atoms with Gasteiger partial charge in [0.2, 0.25) is 0 Å². The molecule has 1 amide bonds. The van der Waals surface area contributed by atoms with Crippen molar-refractivity contribution < 1.29 is 9.53 Å². The fourth-order valence-corrected chi connectivity index (χ4v) is 1.77. The van der Waals surface area contributed by atoms with E-state index in [0.717, 1.165) is 11.3 Å². The lowest BCUT2D eigenvalue weighted by molar-refractivity contribution is 0.0955. The minimum Gasteiger partial charge on any atom is -0.497 e. The molecule has 0 aliphatic rings. The zero-order valence-corrected chi connectivity index (χ0v) is 11.6. The van der Waals surface area contributed by atoms with Crippen LogP contribution in [0.5, 0.6) is 5.75 Å². The van der Waals surface area contributed by atoms with Crippen LogP contribution in [0.25, 0.3) is 0 Å². The summed E-state index contributed by atoms with van der Waals surface area (Å²) in [5.41, 5.74) is 3.73. The summed E-state index contributed by atoms with van der Waals surface area (Å²) in [6.07, 6.45) is 1.55. The fourth-order valence-electron chi connectivity index (χ4n) is 1.58. The van der Waals surface area contributed by atoms with E-state index in [1.54, 1.807) is 37.6 Å². The highest BCUT2D eigenvalue weighted by molar-refractivity contribution is 6.30. The Morgan fingerprint density at radius 3 is 2.80 bits per heavy atom. The second-order valence-electron chi connectivity index (χ2n) is 3.99. The predicted molar refractivity (Wildman–Crippen MR) is 79.5 cm³/mol. The Balaban J connectivity index is 2.00. The molecule has 20 heavy (non-hydrogen) atoms. The first-order valence-electron chi connectivity index (χ1n) is 5.92. The van der Waals surface area contributed by atoms with Crippen LogP contribution in [0, 0.1) is 0 Å². The van der Waals surface area contributed by atoms with Gasteiger partial charge in [-0.1, -0.05) is 29.8 Å². The van der Waals surface area contributed by atoms with Gasteiger partial charge in [0.25, 0.3) is 5.91 Å². The summed E-state index contributed by atoms with van der Waals surface area (Å²) in [7, 11) is 1.59. The molecule has 0 saturated heterocycles. The third-order valence-electron chi connectivity index (χ3n) is 2.56. The predicted octanol–water partition coefficient (Wildman–Crippen LogP) is 3.11. The molecule has 2 rings (SSSR count). The molecule has 0 bridgehead atoms. The molecular weight excluding hydrogens is 276 g/mol. The van der Waals surface area contributed by atoms with E-state index in [4.69, 9.17) is 16.3 Å². The summed E-state index contributed by atoms with van der Waals surface area (Å²) in [4.78, 5) is 11.8. The van der Waals surface area contributed by atoms with Crippen LogP contribution in [-0.4, -0.2) is 19.2 Å². The lowest BCUT2D eigenvalue weighted by atomic mass is 10.2. The first kappa shape index (κ1) is 14.1. The molecule has 102 valence electrons. The number of amides is 1. The Hall–Kier alpha value is -2.33. The van der Waals surface area contributed by atoms with E-state index in [1.165, 1.54) is 0 Å². The zero-order valence-electron chi connectivity index (χ0n) is 10.8. The van der Waals surface area contributed by atoms with E-state index < -0.39 is 0 Å². The second kappa shape index (κ2) is 6.73. The first-order valence-corrected chi connectivity index (χ1v) is 6.30. The molecule has 0 spiro atoms. The van der Waals surface area contributed by atoms with Crippen LogP contribution in [0.1, 0.15) is 15.9 Å². The topological polar surface area (TPSA) is 50.7 Å². The van der Waals surface area contributed by atoms with Crippen molar-refractivity contribution in [2.75, 3.05) is 7.11 Å². The highest BCUT2D eigenvalue weighted by Gasteiger charge is 2.03. The Labute approximate surface area is 122 Å². The maximum atomic E-state index is 11.8. The standard InChI is InChI=1S/C15H13ClN2O2/c1-20-14-7-2-4-11(8-14)10-17-18-15(19)12-5-3-6-13(16)9-12/h2-10H,1H3,(H,18,19)/b17-10+. The van der Waals surface area contributed by atoms with E-state index in [0.29, 0.717) is 10.6 Å². The van der Waals surface area contributed by atoms with Crippen molar-refractivity contribution in [1.82, 2.24) is 5.43 Å². The lowest BCUT2D eigenvalue weighted by Gasteiger charge is -2.01.